The highest BCUT2D eigenvalue weighted by atomic mass is 32.2. The van der Waals surface area contributed by atoms with E-state index in [1.807, 2.05) is 25.9 Å². The Morgan fingerprint density at radius 3 is 2.38 bits per heavy atom. The standard InChI is InChI=1S/C25H28FN3O4S/c1-4-33-22-11-13-23(14-12-22)34(31,32)28-21-10-6-8-19(16-21)25(30)27-17-24(29(2)3)18-7-5-9-20(26)15-18/h5-16,24,28H,4,17H2,1-3H3,(H,27,30)/t24-/m0/s1. The molecule has 2 N–H and O–H groups in total. The second-order valence-electron chi connectivity index (χ2n) is 7.84. The van der Waals surface area contributed by atoms with Crippen LogP contribution in [0, 0.1) is 5.82 Å². The van der Waals surface area contributed by atoms with Gasteiger partial charge in [0.15, 0.2) is 0 Å². The molecule has 1 amide bonds. The maximum Gasteiger partial charge on any atom is 0.261 e. The van der Waals surface area contributed by atoms with E-state index in [9.17, 15) is 17.6 Å². The number of benzene rings is 3. The highest BCUT2D eigenvalue weighted by molar-refractivity contribution is 7.92. The van der Waals surface area contributed by atoms with Gasteiger partial charge in [0, 0.05) is 17.8 Å². The Kier molecular flexibility index (Phi) is 8.25. The van der Waals surface area contributed by atoms with Gasteiger partial charge in [0.25, 0.3) is 15.9 Å². The SMILES string of the molecule is CCOc1ccc(S(=O)(=O)Nc2cccc(C(=O)NC[C@@H](c3cccc(F)c3)N(C)C)c2)cc1. The van der Waals surface area contributed by atoms with Crippen LogP contribution < -0.4 is 14.8 Å². The molecule has 0 spiro atoms. The number of halogens is 1. The Hall–Kier alpha value is -3.43. The Morgan fingerprint density at radius 1 is 1.03 bits per heavy atom. The number of carbonyl (C=O) groups is 1. The lowest BCUT2D eigenvalue weighted by Crippen LogP contribution is -2.34. The van der Waals surface area contributed by atoms with Gasteiger partial charge < -0.3 is 15.0 Å². The minimum atomic E-state index is -3.84. The van der Waals surface area contributed by atoms with E-state index >= 15 is 0 Å². The first-order chi connectivity index (χ1) is 16.2. The molecule has 0 saturated heterocycles. The van der Waals surface area contributed by atoms with Gasteiger partial charge >= 0.3 is 0 Å². The van der Waals surface area contributed by atoms with Crippen LogP contribution in [0.1, 0.15) is 28.9 Å². The number of nitrogens with zero attached hydrogens (tertiary/aromatic N) is 1. The number of amides is 1. The number of likely N-dealkylation sites (N-methyl/N-ethyl adjacent to an activating group) is 1. The molecule has 1 atom stereocenters. The molecule has 0 aliphatic rings. The summed E-state index contributed by atoms with van der Waals surface area (Å²) in [6.45, 7) is 2.58. The second-order valence-corrected chi connectivity index (χ2v) is 9.52. The molecule has 34 heavy (non-hydrogen) atoms. The molecule has 0 saturated carbocycles. The smallest absolute Gasteiger partial charge is 0.261 e. The fraction of sp³-hybridized carbons (Fsp3) is 0.240. The van der Waals surface area contributed by atoms with E-state index in [-0.39, 0.29) is 34.9 Å². The van der Waals surface area contributed by atoms with Crippen LogP contribution in [0.3, 0.4) is 0 Å². The monoisotopic (exact) mass is 485 g/mol. The van der Waals surface area contributed by atoms with E-state index in [2.05, 4.69) is 10.0 Å². The molecule has 180 valence electrons. The lowest BCUT2D eigenvalue weighted by Gasteiger charge is -2.25. The van der Waals surface area contributed by atoms with Crippen molar-refractivity contribution in [3.63, 3.8) is 0 Å². The molecule has 9 heteroatoms. The molecule has 0 heterocycles. The molecule has 3 rings (SSSR count). The fourth-order valence-corrected chi connectivity index (χ4v) is 4.47. The van der Waals surface area contributed by atoms with Crippen molar-refractivity contribution in [2.75, 3.05) is 32.0 Å². The molecule has 0 radical (unpaired) electrons. The third-order valence-electron chi connectivity index (χ3n) is 5.13. The maximum absolute atomic E-state index is 13.6. The van der Waals surface area contributed by atoms with E-state index in [4.69, 9.17) is 4.74 Å². The number of hydrogen-bond acceptors (Lipinski definition) is 5. The van der Waals surface area contributed by atoms with Crippen LogP contribution in [0.4, 0.5) is 10.1 Å². The van der Waals surface area contributed by atoms with Gasteiger partial charge in [-0.15, -0.1) is 0 Å². The van der Waals surface area contributed by atoms with Crippen molar-refractivity contribution in [2.24, 2.45) is 0 Å². The molecule has 0 aliphatic carbocycles. The van der Waals surface area contributed by atoms with Crippen molar-refractivity contribution in [3.05, 3.63) is 89.7 Å². The minimum absolute atomic E-state index is 0.0784. The normalized spacial score (nSPS) is 12.3. The number of ether oxygens (including phenoxy) is 1. The van der Waals surface area contributed by atoms with Gasteiger partial charge in [0.1, 0.15) is 11.6 Å². The van der Waals surface area contributed by atoms with Crippen LogP contribution in [-0.2, 0) is 10.0 Å². The van der Waals surface area contributed by atoms with Crippen molar-refractivity contribution < 1.29 is 22.3 Å². The van der Waals surface area contributed by atoms with Crippen LogP contribution >= 0.6 is 0 Å². The number of anilines is 1. The second kappa shape index (κ2) is 11.1. The predicted octanol–water partition coefficient (Wildman–Crippen LogP) is 4.06. The molecular formula is C25H28FN3O4S. The number of sulfonamides is 1. The van der Waals surface area contributed by atoms with Crippen LogP contribution in [0.5, 0.6) is 5.75 Å². The summed E-state index contributed by atoms with van der Waals surface area (Å²) in [6, 6.07) is 18.3. The zero-order chi connectivity index (χ0) is 24.7. The Balaban J connectivity index is 1.69. The molecule has 3 aromatic carbocycles. The Labute approximate surface area is 199 Å². The van der Waals surface area contributed by atoms with Crippen LogP contribution in [0.15, 0.2) is 77.7 Å². The average Bonchev–Trinajstić information content (AvgIpc) is 2.79. The molecule has 0 bridgehead atoms. The third-order valence-corrected chi connectivity index (χ3v) is 6.53. The van der Waals surface area contributed by atoms with Crippen LogP contribution in [-0.4, -0.2) is 46.5 Å². The number of nitrogens with one attached hydrogen (secondary N) is 2. The van der Waals surface area contributed by atoms with E-state index in [1.165, 1.54) is 30.3 Å². The predicted molar refractivity (Wildman–Crippen MR) is 130 cm³/mol. The van der Waals surface area contributed by atoms with Crippen molar-refractivity contribution in [2.45, 2.75) is 17.9 Å². The highest BCUT2D eigenvalue weighted by Crippen LogP contribution is 2.21. The summed E-state index contributed by atoms with van der Waals surface area (Å²) in [4.78, 5) is 14.7. The highest BCUT2D eigenvalue weighted by Gasteiger charge is 2.18. The Bertz CT molecular complexity index is 1230. The topological polar surface area (TPSA) is 87.7 Å². The van der Waals surface area contributed by atoms with Crippen LogP contribution in [0.25, 0.3) is 0 Å². The van der Waals surface area contributed by atoms with Gasteiger partial charge in [-0.2, -0.15) is 0 Å². The average molecular weight is 486 g/mol. The summed E-state index contributed by atoms with van der Waals surface area (Å²) in [5.41, 5.74) is 1.29. The number of rotatable bonds is 10. The maximum atomic E-state index is 13.6. The lowest BCUT2D eigenvalue weighted by atomic mass is 10.1. The van der Waals surface area contributed by atoms with Crippen molar-refractivity contribution in [1.29, 1.82) is 0 Å². The largest absolute Gasteiger partial charge is 0.494 e. The first kappa shape index (κ1) is 25.2. The van der Waals surface area contributed by atoms with Gasteiger partial charge in [-0.05, 0) is 81.2 Å². The minimum Gasteiger partial charge on any atom is -0.494 e. The van der Waals surface area contributed by atoms with Gasteiger partial charge in [0.2, 0.25) is 0 Å². The van der Waals surface area contributed by atoms with Gasteiger partial charge in [-0.25, -0.2) is 12.8 Å². The zero-order valence-electron chi connectivity index (χ0n) is 19.3. The molecule has 0 unspecified atom stereocenters. The Morgan fingerprint density at radius 2 is 1.74 bits per heavy atom. The summed E-state index contributed by atoms with van der Waals surface area (Å²) in [5, 5.41) is 2.84. The molecular weight excluding hydrogens is 457 g/mol. The summed E-state index contributed by atoms with van der Waals surface area (Å²) < 4.78 is 47.0. The molecule has 0 fully saturated rings. The van der Waals surface area contributed by atoms with E-state index in [0.29, 0.717) is 17.9 Å². The summed E-state index contributed by atoms with van der Waals surface area (Å²) in [7, 11) is -0.153. The van der Waals surface area contributed by atoms with Gasteiger partial charge in [0.05, 0.1) is 17.5 Å². The summed E-state index contributed by atoms with van der Waals surface area (Å²) in [6.07, 6.45) is 0. The molecule has 7 nitrogen and oxygen atoms in total. The van der Waals surface area contributed by atoms with Crippen molar-refractivity contribution in [3.8, 4) is 5.75 Å². The van der Waals surface area contributed by atoms with Crippen LogP contribution in [0.2, 0.25) is 0 Å². The van der Waals surface area contributed by atoms with Crippen molar-refractivity contribution >= 4 is 21.6 Å². The lowest BCUT2D eigenvalue weighted by molar-refractivity contribution is 0.0942. The van der Waals surface area contributed by atoms with E-state index in [0.717, 1.165) is 5.56 Å². The molecule has 0 aliphatic heterocycles. The van der Waals surface area contributed by atoms with Crippen molar-refractivity contribution in [1.82, 2.24) is 10.2 Å². The quantitative estimate of drug-likeness (QED) is 0.452. The summed E-state index contributed by atoms with van der Waals surface area (Å²) >= 11 is 0. The van der Waals surface area contributed by atoms with Gasteiger partial charge in [-0.1, -0.05) is 18.2 Å². The summed E-state index contributed by atoms with van der Waals surface area (Å²) in [5.74, 6) is -0.136. The number of hydrogen-bond donors (Lipinski definition) is 2. The fourth-order valence-electron chi connectivity index (χ4n) is 3.42. The molecule has 0 aromatic heterocycles. The zero-order valence-corrected chi connectivity index (χ0v) is 20.1. The first-order valence-electron chi connectivity index (χ1n) is 10.8. The molecule has 3 aromatic rings. The third kappa shape index (κ3) is 6.55. The van der Waals surface area contributed by atoms with Gasteiger partial charge in [-0.3, -0.25) is 9.52 Å². The van der Waals surface area contributed by atoms with E-state index in [1.54, 1.807) is 42.5 Å². The van der Waals surface area contributed by atoms with E-state index < -0.39 is 10.0 Å². The number of carbonyl (C=O) groups excluding carboxylic acids is 1. The first-order valence-corrected chi connectivity index (χ1v) is 12.2.